The van der Waals surface area contributed by atoms with E-state index in [1.54, 1.807) is 12.1 Å². The topological polar surface area (TPSA) is 43.1 Å². The fraction of sp³-hybridized carbons (Fsp3) is 0.500. The number of thioether (sulfide) groups is 1. The van der Waals surface area contributed by atoms with Crippen molar-refractivity contribution in [2.45, 2.75) is 18.2 Å². The van der Waals surface area contributed by atoms with Crippen LogP contribution in [0.15, 0.2) is 24.3 Å². The third-order valence-electron chi connectivity index (χ3n) is 3.09. The van der Waals surface area contributed by atoms with Crippen LogP contribution in [-0.2, 0) is 6.42 Å². The van der Waals surface area contributed by atoms with Crippen LogP contribution in [0.5, 0.6) is 0 Å². The average molecular weight is 272 g/mol. The molecular formula is C12H14ClNO2S. The molecule has 2 unspecified atom stereocenters. The molecule has 1 aliphatic rings. The number of para-hydroxylation sites is 1. The molecule has 1 saturated heterocycles. The van der Waals surface area contributed by atoms with Crippen LogP contribution >= 0.6 is 23.4 Å². The number of rotatable bonds is 4. The summed E-state index contributed by atoms with van der Waals surface area (Å²) in [4.78, 5) is 10.5. The normalized spacial score (nSPS) is 23.8. The number of hydrogen-bond donors (Lipinski definition) is 0. The lowest BCUT2D eigenvalue weighted by Gasteiger charge is -2.12. The van der Waals surface area contributed by atoms with Crippen LogP contribution in [0, 0.1) is 16.0 Å². The highest BCUT2D eigenvalue weighted by Gasteiger charge is 2.26. The maximum atomic E-state index is 10.9. The molecule has 0 bridgehead atoms. The Bertz CT molecular complexity index is 413. The van der Waals surface area contributed by atoms with Gasteiger partial charge in [0, 0.05) is 22.8 Å². The molecule has 1 aromatic carbocycles. The van der Waals surface area contributed by atoms with Gasteiger partial charge in [-0.3, -0.25) is 10.1 Å². The van der Waals surface area contributed by atoms with Gasteiger partial charge < -0.3 is 0 Å². The Kier molecular flexibility index (Phi) is 4.29. The minimum Gasteiger partial charge on any atom is -0.258 e. The molecule has 92 valence electrons. The predicted molar refractivity (Wildman–Crippen MR) is 71.9 cm³/mol. The summed E-state index contributed by atoms with van der Waals surface area (Å²) in [5.41, 5.74) is 1.04. The number of halogens is 1. The van der Waals surface area contributed by atoms with Gasteiger partial charge in [-0.1, -0.05) is 18.2 Å². The van der Waals surface area contributed by atoms with Gasteiger partial charge in [-0.2, -0.15) is 11.8 Å². The molecule has 1 aromatic rings. The lowest BCUT2D eigenvalue weighted by atomic mass is 9.98. The summed E-state index contributed by atoms with van der Waals surface area (Å²) in [6.45, 7) is 0. The van der Waals surface area contributed by atoms with E-state index in [0.29, 0.717) is 5.92 Å². The number of alkyl halides is 1. The van der Waals surface area contributed by atoms with E-state index >= 15 is 0 Å². The molecule has 0 N–H and O–H groups in total. The van der Waals surface area contributed by atoms with Gasteiger partial charge in [-0.15, -0.1) is 11.6 Å². The van der Waals surface area contributed by atoms with Crippen molar-refractivity contribution in [3.8, 4) is 0 Å². The highest BCUT2D eigenvalue weighted by molar-refractivity contribution is 7.99. The van der Waals surface area contributed by atoms with Crippen molar-refractivity contribution < 1.29 is 4.92 Å². The van der Waals surface area contributed by atoms with E-state index in [2.05, 4.69) is 0 Å². The lowest BCUT2D eigenvalue weighted by Crippen LogP contribution is -2.13. The highest BCUT2D eigenvalue weighted by atomic mass is 35.5. The van der Waals surface area contributed by atoms with Gasteiger partial charge in [0.1, 0.15) is 0 Å². The lowest BCUT2D eigenvalue weighted by molar-refractivity contribution is -0.385. The first-order chi connectivity index (χ1) is 8.18. The second-order valence-electron chi connectivity index (χ2n) is 4.24. The molecule has 1 heterocycles. The van der Waals surface area contributed by atoms with Crippen molar-refractivity contribution in [3.63, 3.8) is 0 Å². The van der Waals surface area contributed by atoms with Gasteiger partial charge in [0.05, 0.1) is 4.92 Å². The average Bonchev–Trinajstić information content (AvgIpc) is 2.72. The predicted octanol–water partition coefficient (Wildman–Crippen LogP) is 3.50. The summed E-state index contributed by atoms with van der Waals surface area (Å²) in [6, 6.07) is 6.96. The van der Waals surface area contributed by atoms with E-state index < -0.39 is 0 Å². The van der Waals surface area contributed by atoms with Gasteiger partial charge >= 0.3 is 0 Å². The molecule has 0 amide bonds. The van der Waals surface area contributed by atoms with Crippen LogP contribution in [0.2, 0.25) is 0 Å². The highest BCUT2D eigenvalue weighted by Crippen LogP contribution is 2.32. The first kappa shape index (κ1) is 12.7. The van der Waals surface area contributed by atoms with Crippen LogP contribution in [0.1, 0.15) is 12.0 Å². The summed E-state index contributed by atoms with van der Waals surface area (Å²) in [5, 5.41) is 11.1. The molecule has 1 fully saturated rings. The molecule has 0 radical (unpaired) electrons. The maximum absolute atomic E-state index is 10.9. The van der Waals surface area contributed by atoms with Crippen molar-refractivity contribution in [1.29, 1.82) is 0 Å². The van der Waals surface area contributed by atoms with E-state index in [1.165, 1.54) is 0 Å². The second-order valence-corrected chi connectivity index (χ2v) is 5.87. The van der Waals surface area contributed by atoms with Crippen molar-refractivity contribution >= 4 is 29.1 Å². The van der Waals surface area contributed by atoms with Crippen molar-refractivity contribution in [2.24, 2.45) is 5.92 Å². The standard InChI is InChI=1S/C12H14ClNO2S/c13-11-8-17-7-10(11)6-5-9-3-1-2-4-12(9)14(15)16/h1-4,10-11H,5-8H2. The van der Waals surface area contributed by atoms with Crippen LogP contribution in [0.3, 0.4) is 0 Å². The third-order valence-corrected chi connectivity index (χ3v) is 5.05. The maximum Gasteiger partial charge on any atom is 0.272 e. The number of aryl methyl sites for hydroxylation is 1. The SMILES string of the molecule is O=[N+]([O-])c1ccccc1CCC1CSCC1Cl. The quantitative estimate of drug-likeness (QED) is 0.478. The second kappa shape index (κ2) is 5.74. The fourth-order valence-corrected chi connectivity index (χ4v) is 4.00. The van der Waals surface area contributed by atoms with E-state index in [9.17, 15) is 10.1 Å². The van der Waals surface area contributed by atoms with E-state index in [-0.39, 0.29) is 16.0 Å². The van der Waals surface area contributed by atoms with Crippen LogP contribution < -0.4 is 0 Å². The molecular weight excluding hydrogens is 258 g/mol. The first-order valence-electron chi connectivity index (χ1n) is 5.62. The van der Waals surface area contributed by atoms with E-state index in [1.807, 2.05) is 23.9 Å². The molecule has 0 saturated carbocycles. The van der Waals surface area contributed by atoms with Gasteiger partial charge in [0.25, 0.3) is 5.69 Å². The van der Waals surface area contributed by atoms with Gasteiger partial charge in [0.15, 0.2) is 0 Å². The van der Waals surface area contributed by atoms with Crippen LogP contribution in [-0.4, -0.2) is 21.8 Å². The van der Waals surface area contributed by atoms with E-state index in [0.717, 1.165) is 29.9 Å². The molecule has 0 spiro atoms. The van der Waals surface area contributed by atoms with Gasteiger partial charge in [0.2, 0.25) is 0 Å². The fourth-order valence-electron chi connectivity index (χ4n) is 2.08. The zero-order valence-electron chi connectivity index (χ0n) is 9.34. The Morgan fingerprint density at radius 3 is 2.82 bits per heavy atom. The molecule has 0 aromatic heterocycles. The van der Waals surface area contributed by atoms with Gasteiger partial charge in [-0.05, 0) is 24.5 Å². The van der Waals surface area contributed by atoms with Crippen LogP contribution in [0.25, 0.3) is 0 Å². The van der Waals surface area contributed by atoms with Crippen molar-refractivity contribution in [1.82, 2.24) is 0 Å². The van der Waals surface area contributed by atoms with Crippen molar-refractivity contribution in [2.75, 3.05) is 11.5 Å². The summed E-state index contributed by atoms with van der Waals surface area (Å²) in [7, 11) is 0. The number of benzene rings is 1. The minimum atomic E-state index is -0.309. The van der Waals surface area contributed by atoms with Crippen LogP contribution in [0.4, 0.5) is 5.69 Å². The minimum absolute atomic E-state index is 0.225. The summed E-state index contributed by atoms with van der Waals surface area (Å²) in [6.07, 6.45) is 1.68. The summed E-state index contributed by atoms with van der Waals surface area (Å²) < 4.78 is 0. The van der Waals surface area contributed by atoms with E-state index in [4.69, 9.17) is 11.6 Å². The summed E-state index contributed by atoms with van der Waals surface area (Å²) >= 11 is 8.06. The Hall–Kier alpha value is -0.740. The zero-order valence-corrected chi connectivity index (χ0v) is 10.9. The third kappa shape index (κ3) is 3.13. The Morgan fingerprint density at radius 1 is 1.41 bits per heavy atom. The summed E-state index contributed by atoms with van der Waals surface area (Å²) in [5.74, 6) is 2.57. The molecule has 17 heavy (non-hydrogen) atoms. The Labute approximate surface area is 110 Å². The number of nitro groups is 1. The molecule has 1 aliphatic heterocycles. The monoisotopic (exact) mass is 271 g/mol. The first-order valence-corrected chi connectivity index (χ1v) is 7.21. The number of hydrogen-bond acceptors (Lipinski definition) is 3. The number of nitrogens with zero attached hydrogens (tertiary/aromatic N) is 1. The van der Waals surface area contributed by atoms with Crippen molar-refractivity contribution in [3.05, 3.63) is 39.9 Å². The largest absolute Gasteiger partial charge is 0.272 e. The smallest absolute Gasteiger partial charge is 0.258 e. The molecule has 2 atom stereocenters. The molecule has 5 heteroatoms. The number of nitro benzene ring substituents is 1. The molecule has 2 rings (SSSR count). The zero-order chi connectivity index (χ0) is 12.3. The van der Waals surface area contributed by atoms with Gasteiger partial charge in [-0.25, -0.2) is 0 Å². The Morgan fingerprint density at radius 2 is 2.18 bits per heavy atom. The molecule has 0 aliphatic carbocycles. The molecule has 3 nitrogen and oxygen atoms in total. The Balaban J connectivity index is 2.01.